The summed E-state index contributed by atoms with van der Waals surface area (Å²) in [5, 5.41) is 11.2. The van der Waals surface area contributed by atoms with Gasteiger partial charge in [0, 0.05) is 24.7 Å². The van der Waals surface area contributed by atoms with E-state index in [4.69, 9.17) is 5.73 Å². The van der Waals surface area contributed by atoms with E-state index in [1.54, 1.807) is 26.0 Å². The summed E-state index contributed by atoms with van der Waals surface area (Å²) in [6, 6.07) is 4.25. The summed E-state index contributed by atoms with van der Waals surface area (Å²) >= 11 is 0. The van der Waals surface area contributed by atoms with Gasteiger partial charge in [0.2, 0.25) is 5.91 Å². The summed E-state index contributed by atoms with van der Waals surface area (Å²) in [7, 11) is 0. The zero-order valence-electron chi connectivity index (χ0n) is 15.4. The number of nitrogens with one attached hydrogen (secondary N) is 1. The Hall–Kier alpha value is -1.70. The highest BCUT2D eigenvalue weighted by molar-refractivity contribution is 5.93. The summed E-state index contributed by atoms with van der Waals surface area (Å²) < 4.78 is 16.4. The number of amides is 1. The summed E-state index contributed by atoms with van der Waals surface area (Å²) in [6.45, 7) is 4.34. The Kier molecular flexibility index (Phi) is 8.65. The molecule has 0 bridgehead atoms. The third-order valence-electron chi connectivity index (χ3n) is 4.79. The molecule has 27 heavy (non-hydrogen) atoms. The lowest BCUT2D eigenvalue weighted by atomic mass is 10.0. The normalized spacial score (nSPS) is 15.4. The van der Waals surface area contributed by atoms with Crippen LogP contribution >= 0.6 is 24.8 Å². The van der Waals surface area contributed by atoms with Gasteiger partial charge < -0.3 is 15.6 Å². The SMILES string of the molecule is CC(N)C(C)C(=O)Nc1ccc(F)c(-c2nnc3n2CCCCC3)c1.Cl.Cl. The highest BCUT2D eigenvalue weighted by atomic mass is 35.5. The number of anilines is 1. The number of hydrogen-bond acceptors (Lipinski definition) is 4. The van der Waals surface area contributed by atoms with Crippen LogP contribution in [0.1, 0.15) is 38.9 Å². The van der Waals surface area contributed by atoms with E-state index in [2.05, 4.69) is 15.5 Å². The van der Waals surface area contributed by atoms with Crippen molar-refractivity contribution in [2.45, 2.75) is 52.1 Å². The van der Waals surface area contributed by atoms with Crippen molar-refractivity contribution in [3.8, 4) is 11.4 Å². The van der Waals surface area contributed by atoms with Gasteiger partial charge in [0.25, 0.3) is 0 Å². The molecule has 2 heterocycles. The standard InChI is InChI=1S/C18H24FN5O.2ClH/c1-11(12(2)20)18(25)21-13-7-8-15(19)14(10-13)17-23-22-16-6-4-3-5-9-24(16)17;;/h7-8,10-12H,3-6,9,20H2,1-2H3,(H,21,25);2*1H. The fraction of sp³-hybridized carbons (Fsp3) is 0.500. The highest BCUT2D eigenvalue weighted by Crippen LogP contribution is 2.27. The number of benzene rings is 1. The van der Waals surface area contributed by atoms with Crippen LogP contribution in [0, 0.1) is 11.7 Å². The number of aryl methyl sites for hydroxylation is 1. The predicted octanol–water partition coefficient (Wildman–Crippen LogP) is 3.58. The maximum absolute atomic E-state index is 14.4. The van der Waals surface area contributed by atoms with Gasteiger partial charge >= 0.3 is 0 Å². The van der Waals surface area contributed by atoms with Gasteiger partial charge in [-0.25, -0.2) is 4.39 Å². The van der Waals surface area contributed by atoms with Crippen LogP contribution in [0.2, 0.25) is 0 Å². The van der Waals surface area contributed by atoms with Crippen molar-refractivity contribution < 1.29 is 9.18 Å². The molecule has 2 aromatic rings. The number of aromatic nitrogens is 3. The molecule has 1 aliphatic rings. The van der Waals surface area contributed by atoms with Crippen molar-refractivity contribution in [2.75, 3.05) is 5.32 Å². The van der Waals surface area contributed by atoms with Gasteiger partial charge in [-0.15, -0.1) is 35.0 Å². The lowest BCUT2D eigenvalue weighted by Gasteiger charge is -2.16. The first-order chi connectivity index (χ1) is 12.0. The fourth-order valence-corrected chi connectivity index (χ4v) is 2.95. The molecule has 1 aliphatic heterocycles. The van der Waals surface area contributed by atoms with Gasteiger partial charge in [-0.1, -0.05) is 13.3 Å². The molecule has 1 aromatic heterocycles. The quantitative estimate of drug-likeness (QED) is 0.795. The van der Waals surface area contributed by atoms with Gasteiger partial charge in [-0.3, -0.25) is 4.79 Å². The molecule has 0 fully saturated rings. The molecular formula is C18H26Cl2FN5O. The molecule has 9 heteroatoms. The number of rotatable bonds is 4. The second kappa shape index (κ2) is 10.0. The Bertz CT molecular complexity index is 781. The van der Waals surface area contributed by atoms with E-state index in [1.165, 1.54) is 6.07 Å². The lowest BCUT2D eigenvalue weighted by molar-refractivity contribution is -0.119. The average Bonchev–Trinajstić information content (AvgIpc) is 2.83. The molecule has 1 amide bonds. The number of nitrogens with zero attached hydrogens (tertiary/aromatic N) is 3. The maximum Gasteiger partial charge on any atom is 0.228 e. The van der Waals surface area contributed by atoms with E-state index < -0.39 is 0 Å². The minimum absolute atomic E-state index is 0. The van der Waals surface area contributed by atoms with Crippen LogP contribution in [0.4, 0.5) is 10.1 Å². The molecule has 2 atom stereocenters. The molecule has 0 saturated carbocycles. The first kappa shape index (κ1) is 23.3. The van der Waals surface area contributed by atoms with Crippen molar-refractivity contribution in [1.82, 2.24) is 14.8 Å². The third kappa shape index (κ3) is 5.18. The minimum Gasteiger partial charge on any atom is -0.327 e. The average molecular weight is 418 g/mol. The first-order valence-corrected chi connectivity index (χ1v) is 8.76. The smallest absolute Gasteiger partial charge is 0.228 e. The van der Waals surface area contributed by atoms with Crippen LogP contribution in [-0.2, 0) is 17.8 Å². The molecule has 150 valence electrons. The second-order valence-corrected chi connectivity index (χ2v) is 6.73. The van der Waals surface area contributed by atoms with Crippen molar-refractivity contribution >= 4 is 36.4 Å². The van der Waals surface area contributed by atoms with Gasteiger partial charge in [-0.2, -0.15) is 0 Å². The highest BCUT2D eigenvalue weighted by Gasteiger charge is 2.21. The summed E-state index contributed by atoms with van der Waals surface area (Å²) in [5.74, 6) is 0.515. The van der Waals surface area contributed by atoms with Crippen LogP contribution in [0.25, 0.3) is 11.4 Å². The zero-order valence-corrected chi connectivity index (χ0v) is 17.1. The number of carbonyl (C=O) groups is 1. The van der Waals surface area contributed by atoms with Gasteiger partial charge in [-0.05, 0) is 38.0 Å². The van der Waals surface area contributed by atoms with E-state index in [0.717, 1.165) is 38.1 Å². The van der Waals surface area contributed by atoms with E-state index in [-0.39, 0.29) is 48.5 Å². The Morgan fingerprint density at radius 3 is 2.67 bits per heavy atom. The van der Waals surface area contributed by atoms with Gasteiger partial charge in [0.1, 0.15) is 11.6 Å². The molecule has 3 rings (SSSR count). The molecule has 0 aliphatic carbocycles. The van der Waals surface area contributed by atoms with Gasteiger partial charge in [0.05, 0.1) is 11.5 Å². The Morgan fingerprint density at radius 2 is 1.96 bits per heavy atom. The van der Waals surface area contributed by atoms with Gasteiger partial charge in [0.15, 0.2) is 5.82 Å². The molecule has 1 aromatic carbocycles. The number of nitrogens with two attached hydrogens (primary N) is 1. The summed E-state index contributed by atoms with van der Waals surface area (Å²) in [4.78, 5) is 12.2. The summed E-state index contributed by atoms with van der Waals surface area (Å²) in [6.07, 6.45) is 4.10. The minimum atomic E-state index is -0.377. The first-order valence-electron chi connectivity index (χ1n) is 8.76. The number of fused-ring (bicyclic) bond motifs is 1. The van der Waals surface area contributed by atoms with Crippen LogP contribution in [-0.4, -0.2) is 26.7 Å². The summed E-state index contributed by atoms with van der Waals surface area (Å²) in [5.41, 5.74) is 6.65. The van der Waals surface area contributed by atoms with Crippen LogP contribution in [0.3, 0.4) is 0 Å². The number of hydrogen-bond donors (Lipinski definition) is 2. The molecule has 0 radical (unpaired) electrons. The Morgan fingerprint density at radius 1 is 1.22 bits per heavy atom. The fourth-order valence-electron chi connectivity index (χ4n) is 2.95. The molecule has 0 spiro atoms. The van der Waals surface area contributed by atoms with E-state index in [0.29, 0.717) is 17.1 Å². The van der Waals surface area contributed by atoms with Crippen molar-refractivity contribution in [3.05, 3.63) is 29.8 Å². The van der Waals surface area contributed by atoms with Crippen LogP contribution < -0.4 is 11.1 Å². The number of carbonyl (C=O) groups excluding carboxylic acids is 1. The number of halogens is 3. The monoisotopic (exact) mass is 417 g/mol. The maximum atomic E-state index is 14.4. The molecule has 2 unspecified atom stereocenters. The lowest BCUT2D eigenvalue weighted by Crippen LogP contribution is -2.34. The predicted molar refractivity (Wildman–Crippen MR) is 109 cm³/mol. The molecular weight excluding hydrogens is 392 g/mol. The molecule has 6 nitrogen and oxygen atoms in total. The van der Waals surface area contributed by atoms with E-state index in [9.17, 15) is 9.18 Å². The third-order valence-corrected chi connectivity index (χ3v) is 4.79. The molecule has 0 saturated heterocycles. The zero-order chi connectivity index (χ0) is 18.0. The van der Waals surface area contributed by atoms with Crippen molar-refractivity contribution in [3.63, 3.8) is 0 Å². The van der Waals surface area contributed by atoms with Crippen LogP contribution in [0.15, 0.2) is 18.2 Å². The van der Waals surface area contributed by atoms with Crippen LogP contribution in [0.5, 0.6) is 0 Å². The largest absolute Gasteiger partial charge is 0.327 e. The Balaban J connectivity index is 0.00000182. The van der Waals surface area contributed by atoms with Crippen molar-refractivity contribution in [2.24, 2.45) is 11.7 Å². The topological polar surface area (TPSA) is 85.8 Å². The molecule has 3 N–H and O–H groups in total. The van der Waals surface area contributed by atoms with E-state index >= 15 is 0 Å². The second-order valence-electron chi connectivity index (χ2n) is 6.73. The Labute approximate surface area is 170 Å². The van der Waals surface area contributed by atoms with Crippen molar-refractivity contribution in [1.29, 1.82) is 0 Å². The van der Waals surface area contributed by atoms with E-state index in [1.807, 2.05) is 4.57 Å².